The lowest BCUT2D eigenvalue weighted by Crippen LogP contribution is -2.45. The molecule has 27 heavy (non-hydrogen) atoms. The summed E-state index contributed by atoms with van der Waals surface area (Å²) in [5.41, 5.74) is 6.61. The summed E-state index contributed by atoms with van der Waals surface area (Å²) in [7, 11) is 0. The second-order valence-corrected chi connectivity index (χ2v) is 8.05. The van der Waals surface area contributed by atoms with Crippen molar-refractivity contribution in [1.82, 2.24) is 15.4 Å². The van der Waals surface area contributed by atoms with Crippen LogP contribution < -0.4 is 5.43 Å². The van der Waals surface area contributed by atoms with Crippen molar-refractivity contribution in [3.63, 3.8) is 0 Å². The van der Waals surface area contributed by atoms with Crippen LogP contribution in [0, 0.1) is 12.8 Å². The van der Waals surface area contributed by atoms with Gasteiger partial charge in [0.25, 0.3) is 0 Å². The molecule has 1 aromatic rings. The lowest BCUT2D eigenvalue weighted by atomic mass is 9.94. The van der Waals surface area contributed by atoms with E-state index in [4.69, 9.17) is 11.6 Å². The SMILES string of the molecule is Cc1cc(CN2C=C3C(Cl)=NC=CC3(C)N2)cnc1C1CC1CC(F)(F)F. The van der Waals surface area contributed by atoms with Crippen LogP contribution in [0.5, 0.6) is 0 Å². The summed E-state index contributed by atoms with van der Waals surface area (Å²) in [6.45, 7) is 4.51. The number of aryl methyl sites for hydroxylation is 1. The smallest absolute Gasteiger partial charge is 0.310 e. The van der Waals surface area contributed by atoms with Crippen molar-refractivity contribution in [2.75, 3.05) is 0 Å². The largest absolute Gasteiger partial charge is 0.389 e. The molecule has 1 N–H and O–H groups in total. The van der Waals surface area contributed by atoms with E-state index < -0.39 is 12.6 Å². The molecule has 1 saturated carbocycles. The predicted octanol–water partition coefficient (Wildman–Crippen LogP) is 4.57. The average molecular weight is 397 g/mol. The molecule has 4 rings (SSSR count). The molecule has 0 saturated heterocycles. The van der Waals surface area contributed by atoms with E-state index in [9.17, 15) is 13.2 Å². The van der Waals surface area contributed by atoms with E-state index in [1.165, 1.54) is 0 Å². The van der Waals surface area contributed by atoms with Gasteiger partial charge in [-0.25, -0.2) is 10.4 Å². The Morgan fingerprint density at radius 3 is 2.85 bits per heavy atom. The molecule has 3 atom stereocenters. The van der Waals surface area contributed by atoms with Crippen molar-refractivity contribution in [3.05, 3.63) is 53.1 Å². The van der Waals surface area contributed by atoms with Crippen LogP contribution >= 0.6 is 11.6 Å². The fourth-order valence-electron chi connectivity index (χ4n) is 3.90. The number of alkyl halides is 3. The highest BCUT2D eigenvalue weighted by atomic mass is 35.5. The summed E-state index contributed by atoms with van der Waals surface area (Å²) in [6.07, 6.45) is 3.05. The average Bonchev–Trinajstić information content (AvgIpc) is 3.18. The van der Waals surface area contributed by atoms with Crippen LogP contribution in [0.3, 0.4) is 0 Å². The van der Waals surface area contributed by atoms with Gasteiger partial charge in [0.15, 0.2) is 0 Å². The molecule has 1 aromatic heterocycles. The third kappa shape index (κ3) is 3.75. The van der Waals surface area contributed by atoms with E-state index in [-0.39, 0.29) is 17.4 Å². The van der Waals surface area contributed by atoms with Gasteiger partial charge in [0.1, 0.15) is 5.17 Å². The number of nitrogens with zero attached hydrogens (tertiary/aromatic N) is 3. The number of hydrogen-bond donors (Lipinski definition) is 1. The number of nitrogens with one attached hydrogen (secondary N) is 1. The van der Waals surface area contributed by atoms with Crippen LogP contribution in [0.15, 0.2) is 41.3 Å². The Balaban J connectivity index is 1.44. The number of hydrogen-bond acceptors (Lipinski definition) is 4. The van der Waals surface area contributed by atoms with Gasteiger partial charge in [-0.15, -0.1) is 0 Å². The van der Waals surface area contributed by atoms with Crippen molar-refractivity contribution in [1.29, 1.82) is 0 Å². The molecule has 1 fully saturated rings. The molecular formula is C19H20ClF3N4. The minimum Gasteiger partial charge on any atom is -0.310 e. The van der Waals surface area contributed by atoms with Crippen LogP contribution in [0.4, 0.5) is 13.2 Å². The third-order valence-electron chi connectivity index (χ3n) is 5.33. The molecule has 3 unspecified atom stereocenters. The highest BCUT2D eigenvalue weighted by Gasteiger charge is 2.47. The van der Waals surface area contributed by atoms with Gasteiger partial charge < -0.3 is 5.01 Å². The van der Waals surface area contributed by atoms with E-state index in [0.717, 1.165) is 22.4 Å². The maximum atomic E-state index is 12.6. The first-order valence-corrected chi connectivity index (χ1v) is 9.23. The van der Waals surface area contributed by atoms with E-state index in [2.05, 4.69) is 15.4 Å². The summed E-state index contributed by atoms with van der Waals surface area (Å²) in [4.78, 5) is 8.60. The Hall–Kier alpha value is -1.86. The first-order chi connectivity index (χ1) is 12.6. The molecule has 0 spiro atoms. The number of pyridine rings is 1. The van der Waals surface area contributed by atoms with Gasteiger partial charge in [-0.3, -0.25) is 4.98 Å². The number of halogens is 4. The topological polar surface area (TPSA) is 40.5 Å². The molecule has 4 nitrogen and oxygen atoms in total. The Morgan fingerprint density at radius 1 is 1.41 bits per heavy atom. The van der Waals surface area contributed by atoms with Gasteiger partial charge in [0, 0.05) is 42.2 Å². The lowest BCUT2D eigenvalue weighted by Gasteiger charge is -2.28. The number of aliphatic imine (C=N–C) groups is 1. The Bertz CT molecular complexity index is 861. The molecule has 3 aliphatic rings. The minimum absolute atomic E-state index is 0.0744. The molecule has 0 aromatic carbocycles. The first kappa shape index (κ1) is 18.5. The highest BCUT2D eigenvalue weighted by molar-refractivity contribution is 6.70. The van der Waals surface area contributed by atoms with Crippen molar-refractivity contribution >= 4 is 16.8 Å². The summed E-state index contributed by atoms with van der Waals surface area (Å²) >= 11 is 6.19. The molecule has 0 bridgehead atoms. The van der Waals surface area contributed by atoms with Gasteiger partial charge in [-0.1, -0.05) is 17.7 Å². The predicted molar refractivity (Wildman–Crippen MR) is 98.1 cm³/mol. The fourth-order valence-corrected chi connectivity index (χ4v) is 4.20. The van der Waals surface area contributed by atoms with Crippen LogP contribution in [0.25, 0.3) is 0 Å². The number of fused-ring (bicyclic) bond motifs is 1. The lowest BCUT2D eigenvalue weighted by molar-refractivity contribution is -0.138. The molecule has 144 valence electrons. The summed E-state index contributed by atoms with van der Waals surface area (Å²) in [5, 5.41) is 2.40. The van der Waals surface area contributed by atoms with Gasteiger partial charge in [0.05, 0.1) is 12.1 Å². The van der Waals surface area contributed by atoms with Crippen LogP contribution in [-0.2, 0) is 6.54 Å². The molecule has 2 aliphatic heterocycles. The van der Waals surface area contributed by atoms with Crippen LogP contribution in [-0.4, -0.2) is 26.9 Å². The molecule has 3 heterocycles. The van der Waals surface area contributed by atoms with E-state index in [1.807, 2.05) is 37.2 Å². The maximum Gasteiger partial charge on any atom is 0.389 e. The summed E-state index contributed by atoms with van der Waals surface area (Å²) < 4.78 is 37.7. The zero-order chi connectivity index (χ0) is 19.4. The van der Waals surface area contributed by atoms with Crippen molar-refractivity contribution in [3.8, 4) is 0 Å². The standard InChI is InChI=1S/C19H20ClF3N4/c1-11-5-12(8-25-16(11)14-6-13(14)7-19(21,22)23)9-27-10-15-17(20)24-4-3-18(15,2)26-27/h3-5,8,10,13-14,26H,6-7,9H2,1-2H3. The summed E-state index contributed by atoms with van der Waals surface area (Å²) in [5.74, 6) is -0.405. The zero-order valence-electron chi connectivity index (χ0n) is 15.0. The second-order valence-electron chi connectivity index (χ2n) is 7.69. The molecule has 0 amide bonds. The number of hydrazine groups is 1. The molecule has 0 radical (unpaired) electrons. The van der Waals surface area contributed by atoms with E-state index in [0.29, 0.717) is 18.1 Å². The monoisotopic (exact) mass is 396 g/mol. The highest BCUT2D eigenvalue weighted by Crippen LogP contribution is 2.52. The number of rotatable bonds is 4. The van der Waals surface area contributed by atoms with Gasteiger partial charge >= 0.3 is 6.18 Å². The van der Waals surface area contributed by atoms with Gasteiger partial charge in [0.2, 0.25) is 0 Å². The Kier molecular flexibility index (Phi) is 4.35. The normalized spacial score (nSPS) is 29.5. The molecule has 8 heteroatoms. The maximum absolute atomic E-state index is 12.6. The zero-order valence-corrected chi connectivity index (χ0v) is 15.8. The van der Waals surface area contributed by atoms with Crippen molar-refractivity contribution in [2.24, 2.45) is 10.9 Å². The van der Waals surface area contributed by atoms with Crippen LogP contribution in [0.1, 0.15) is 42.5 Å². The van der Waals surface area contributed by atoms with Crippen molar-refractivity contribution < 1.29 is 13.2 Å². The molecule has 1 aliphatic carbocycles. The summed E-state index contributed by atoms with van der Waals surface area (Å²) in [6, 6.07) is 2.00. The fraction of sp³-hybridized carbons (Fsp3) is 0.474. The molecular weight excluding hydrogens is 377 g/mol. The van der Waals surface area contributed by atoms with Gasteiger partial charge in [-0.05, 0) is 43.4 Å². The minimum atomic E-state index is -4.10. The number of aromatic nitrogens is 1. The van der Waals surface area contributed by atoms with Gasteiger partial charge in [-0.2, -0.15) is 13.2 Å². The van der Waals surface area contributed by atoms with E-state index in [1.54, 1.807) is 12.4 Å². The quantitative estimate of drug-likeness (QED) is 0.810. The Morgan fingerprint density at radius 2 is 2.19 bits per heavy atom. The van der Waals surface area contributed by atoms with Crippen LogP contribution in [0.2, 0.25) is 0 Å². The Labute approximate surface area is 160 Å². The second kappa shape index (κ2) is 6.34. The first-order valence-electron chi connectivity index (χ1n) is 8.85. The third-order valence-corrected chi connectivity index (χ3v) is 5.64. The van der Waals surface area contributed by atoms with E-state index >= 15 is 0 Å². The van der Waals surface area contributed by atoms with Crippen molar-refractivity contribution in [2.45, 2.75) is 50.9 Å².